The van der Waals surface area contributed by atoms with Crippen molar-refractivity contribution in [2.24, 2.45) is 5.92 Å². The van der Waals surface area contributed by atoms with E-state index in [0.717, 1.165) is 17.0 Å². The van der Waals surface area contributed by atoms with E-state index in [2.05, 4.69) is 31.3 Å². The summed E-state index contributed by atoms with van der Waals surface area (Å²) >= 11 is 0. The molecule has 0 unspecified atom stereocenters. The molecule has 214 valence electrons. The van der Waals surface area contributed by atoms with Crippen LogP contribution in [0.5, 0.6) is 11.5 Å². The van der Waals surface area contributed by atoms with E-state index in [4.69, 9.17) is 14.5 Å². The van der Waals surface area contributed by atoms with Crippen molar-refractivity contribution in [2.45, 2.75) is 33.6 Å². The van der Waals surface area contributed by atoms with Crippen LogP contribution in [-0.4, -0.2) is 53.6 Å². The maximum absolute atomic E-state index is 13.4. The molecule has 0 aliphatic heterocycles. The standard InChI is InChI=1S/C33H38N4O4/c1-22(2)19-36(32(39)26-8-7-9-29(18-26)41-6)21-31(38)35-33-34-30(25-12-16-28(40-5)17-13-25)20-37(33)27-14-10-24(11-15-27)23(3)4/h7-18,20,22-23H,19,21H2,1-6H3,(H,34,35,38). The Morgan fingerprint density at radius 3 is 2.20 bits per heavy atom. The molecule has 4 aromatic rings. The molecule has 0 fully saturated rings. The third kappa shape index (κ3) is 7.33. The second kappa shape index (κ2) is 13.2. The van der Waals surface area contributed by atoms with Gasteiger partial charge in [-0.15, -0.1) is 0 Å². The predicted molar refractivity (Wildman–Crippen MR) is 162 cm³/mol. The summed E-state index contributed by atoms with van der Waals surface area (Å²) in [6.45, 7) is 8.62. The zero-order valence-corrected chi connectivity index (χ0v) is 24.5. The molecular weight excluding hydrogens is 516 g/mol. The van der Waals surface area contributed by atoms with Gasteiger partial charge in [0.1, 0.15) is 18.0 Å². The lowest BCUT2D eigenvalue weighted by atomic mass is 10.0. The zero-order valence-electron chi connectivity index (χ0n) is 24.5. The Morgan fingerprint density at radius 1 is 0.902 bits per heavy atom. The highest BCUT2D eigenvalue weighted by Gasteiger charge is 2.22. The minimum absolute atomic E-state index is 0.120. The lowest BCUT2D eigenvalue weighted by molar-refractivity contribution is -0.117. The number of aromatic nitrogens is 2. The number of rotatable bonds is 11. The van der Waals surface area contributed by atoms with E-state index in [1.165, 1.54) is 5.56 Å². The molecular formula is C33H38N4O4. The molecule has 1 aromatic heterocycles. The summed E-state index contributed by atoms with van der Waals surface area (Å²) in [5, 5.41) is 2.96. The van der Waals surface area contributed by atoms with Crippen molar-refractivity contribution >= 4 is 17.8 Å². The first kappa shape index (κ1) is 29.4. The lowest BCUT2D eigenvalue weighted by Gasteiger charge is -2.24. The monoisotopic (exact) mass is 554 g/mol. The van der Waals surface area contributed by atoms with E-state index < -0.39 is 0 Å². The van der Waals surface area contributed by atoms with Crippen LogP contribution in [0.25, 0.3) is 16.9 Å². The first-order chi connectivity index (χ1) is 19.7. The topological polar surface area (TPSA) is 85.7 Å². The molecule has 0 spiro atoms. The minimum Gasteiger partial charge on any atom is -0.497 e. The van der Waals surface area contributed by atoms with Crippen molar-refractivity contribution in [1.82, 2.24) is 14.5 Å². The number of ether oxygens (including phenoxy) is 2. The number of amides is 2. The number of hydrogen-bond acceptors (Lipinski definition) is 5. The molecule has 0 aliphatic carbocycles. The van der Waals surface area contributed by atoms with Gasteiger partial charge in [0.05, 0.1) is 19.9 Å². The van der Waals surface area contributed by atoms with Gasteiger partial charge in [0.2, 0.25) is 11.9 Å². The number of benzene rings is 3. The summed E-state index contributed by atoms with van der Waals surface area (Å²) in [5.74, 6) is 1.69. The number of nitrogens with zero attached hydrogens (tertiary/aromatic N) is 3. The summed E-state index contributed by atoms with van der Waals surface area (Å²) < 4.78 is 12.4. The van der Waals surface area contributed by atoms with Crippen molar-refractivity contribution in [3.8, 4) is 28.4 Å². The van der Waals surface area contributed by atoms with E-state index >= 15 is 0 Å². The summed E-state index contributed by atoms with van der Waals surface area (Å²) in [7, 11) is 3.18. The van der Waals surface area contributed by atoms with Gasteiger partial charge in [0.25, 0.3) is 5.91 Å². The van der Waals surface area contributed by atoms with Gasteiger partial charge in [0.15, 0.2) is 0 Å². The maximum atomic E-state index is 13.4. The van der Waals surface area contributed by atoms with Crippen LogP contribution in [0.15, 0.2) is 79.0 Å². The Balaban J connectivity index is 1.63. The van der Waals surface area contributed by atoms with E-state index in [9.17, 15) is 9.59 Å². The molecule has 0 bridgehead atoms. The molecule has 0 saturated heterocycles. The molecule has 1 heterocycles. The van der Waals surface area contributed by atoms with Crippen LogP contribution in [0.4, 0.5) is 5.95 Å². The molecule has 1 N–H and O–H groups in total. The minimum atomic E-state index is -0.339. The number of imidazole rings is 1. The Labute approximate surface area is 241 Å². The smallest absolute Gasteiger partial charge is 0.254 e. The second-order valence-electron chi connectivity index (χ2n) is 10.7. The largest absolute Gasteiger partial charge is 0.497 e. The summed E-state index contributed by atoms with van der Waals surface area (Å²) in [4.78, 5) is 33.2. The molecule has 0 aliphatic rings. The number of anilines is 1. The van der Waals surface area contributed by atoms with Crippen LogP contribution in [0, 0.1) is 5.92 Å². The van der Waals surface area contributed by atoms with Gasteiger partial charge in [-0.2, -0.15) is 0 Å². The van der Waals surface area contributed by atoms with Gasteiger partial charge in [0, 0.05) is 29.6 Å². The van der Waals surface area contributed by atoms with Crippen LogP contribution in [0.2, 0.25) is 0 Å². The summed E-state index contributed by atoms with van der Waals surface area (Å²) in [6.07, 6.45) is 1.90. The van der Waals surface area contributed by atoms with Gasteiger partial charge >= 0.3 is 0 Å². The maximum Gasteiger partial charge on any atom is 0.254 e. The quantitative estimate of drug-likeness (QED) is 0.231. The lowest BCUT2D eigenvalue weighted by Crippen LogP contribution is -2.40. The first-order valence-electron chi connectivity index (χ1n) is 13.8. The number of nitrogens with one attached hydrogen (secondary N) is 1. The Kier molecular flexibility index (Phi) is 9.45. The molecule has 0 radical (unpaired) electrons. The zero-order chi connectivity index (χ0) is 29.5. The summed E-state index contributed by atoms with van der Waals surface area (Å²) in [5.41, 5.74) is 4.13. The predicted octanol–water partition coefficient (Wildman–Crippen LogP) is 6.42. The van der Waals surface area contributed by atoms with Crippen LogP contribution < -0.4 is 14.8 Å². The van der Waals surface area contributed by atoms with Crippen LogP contribution >= 0.6 is 0 Å². The fraction of sp³-hybridized carbons (Fsp3) is 0.303. The third-order valence-corrected chi connectivity index (χ3v) is 6.70. The molecule has 0 atom stereocenters. The average Bonchev–Trinajstić information content (AvgIpc) is 3.39. The van der Waals surface area contributed by atoms with Gasteiger partial charge in [-0.05, 0) is 72.0 Å². The number of carbonyl (C=O) groups is 2. The third-order valence-electron chi connectivity index (χ3n) is 6.70. The number of carbonyl (C=O) groups excluding carboxylic acids is 2. The molecule has 3 aromatic carbocycles. The average molecular weight is 555 g/mol. The van der Waals surface area contributed by atoms with E-state index in [1.807, 2.05) is 61.0 Å². The van der Waals surface area contributed by atoms with Crippen molar-refractivity contribution in [3.05, 3.63) is 90.1 Å². The summed E-state index contributed by atoms with van der Waals surface area (Å²) in [6, 6.07) is 22.7. The van der Waals surface area contributed by atoms with Gasteiger partial charge < -0.3 is 14.4 Å². The molecule has 8 nitrogen and oxygen atoms in total. The molecule has 8 heteroatoms. The number of hydrogen-bond donors (Lipinski definition) is 1. The molecule has 0 saturated carbocycles. The molecule has 4 rings (SSSR count). The Bertz CT molecular complexity index is 1470. The normalized spacial score (nSPS) is 11.0. The van der Waals surface area contributed by atoms with Gasteiger partial charge in [-0.25, -0.2) is 4.98 Å². The highest BCUT2D eigenvalue weighted by Crippen LogP contribution is 2.27. The first-order valence-corrected chi connectivity index (χ1v) is 13.8. The van der Waals surface area contributed by atoms with Crippen molar-refractivity contribution in [3.63, 3.8) is 0 Å². The fourth-order valence-corrected chi connectivity index (χ4v) is 4.52. The van der Waals surface area contributed by atoms with Crippen LogP contribution in [0.3, 0.4) is 0 Å². The van der Waals surface area contributed by atoms with Crippen LogP contribution in [0.1, 0.15) is 49.5 Å². The van der Waals surface area contributed by atoms with Crippen molar-refractivity contribution in [2.75, 3.05) is 32.6 Å². The van der Waals surface area contributed by atoms with Gasteiger partial charge in [-0.1, -0.05) is 45.9 Å². The van der Waals surface area contributed by atoms with E-state index in [-0.39, 0.29) is 24.3 Å². The molecule has 2 amide bonds. The Hall–Kier alpha value is -4.59. The highest BCUT2D eigenvalue weighted by atomic mass is 16.5. The highest BCUT2D eigenvalue weighted by molar-refractivity contribution is 5.99. The van der Waals surface area contributed by atoms with Crippen molar-refractivity contribution in [1.29, 1.82) is 0 Å². The van der Waals surface area contributed by atoms with E-state index in [1.54, 1.807) is 43.4 Å². The van der Waals surface area contributed by atoms with Crippen molar-refractivity contribution < 1.29 is 19.1 Å². The second-order valence-corrected chi connectivity index (χ2v) is 10.7. The number of methoxy groups -OCH3 is 2. The van der Waals surface area contributed by atoms with E-state index in [0.29, 0.717) is 35.4 Å². The fourth-order valence-electron chi connectivity index (χ4n) is 4.52. The van der Waals surface area contributed by atoms with Crippen LogP contribution in [-0.2, 0) is 4.79 Å². The molecule has 41 heavy (non-hydrogen) atoms. The van der Waals surface area contributed by atoms with Gasteiger partial charge in [-0.3, -0.25) is 19.5 Å². The Morgan fingerprint density at radius 2 is 1.59 bits per heavy atom. The SMILES string of the molecule is COc1ccc(-c2cn(-c3ccc(C(C)C)cc3)c(NC(=O)CN(CC(C)C)C(=O)c3cccc(OC)c3)n2)cc1.